The van der Waals surface area contributed by atoms with E-state index in [0.717, 1.165) is 12.1 Å². The summed E-state index contributed by atoms with van der Waals surface area (Å²) in [7, 11) is 0. The Morgan fingerprint density at radius 1 is 1.05 bits per heavy atom. The highest BCUT2D eigenvalue weighted by atomic mass is 79.9. The first-order valence-electron chi connectivity index (χ1n) is 5.80. The molecule has 0 heterocycles. The van der Waals surface area contributed by atoms with Gasteiger partial charge in [0.15, 0.2) is 0 Å². The minimum absolute atomic E-state index is 0.140. The van der Waals surface area contributed by atoms with Crippen LogP contribution < -0.4 is 5.32 Å². The van der Waals surface area contributed by atoms with Crippen molar-refractivity contribution >= 4 is 21.6 Å². The molecule has 0 saturated heterocycles. The van der Waals surface area contributed by atoms with Gasteiger partial charge in [-0.1, -0.05) is 6.07 Å². The molecule has 0 fully saturated rings. The number of aliphatic hydroxyl groups is 1. The molecule has 20 heavy (non-hydrogen) atoms. The summed E-state index contributed by atoms with van der Waals surface area (Å²) in [6.07, 6.45) is -1.37. The zero-order valence-corrected chi connectivity index (χ0v) is 11.8. The van der Waals surface area contributed by atoms with E-state index in [-0.39, 0.29) is 6.54 Å². The lowest BCUT2D eigenvalue weighted by molar-refractivity contribution is 0.181. The fourth-order valence-electron chi connectivity index (χ4n) is 1.75. The molecule has 2 rings (SSSR count). The van der Waals surface area contributed by atoms with Gasteiger partial charge in [-0.15, -0.1) is 0 Å². The van der Waals surface area contributed by atoms with Crippen molar-refractivity contribution in [3.8, 4) is 0 Å². The van der Waals surface area contributed by atoms with Crippen LogP contribution in [0.2, 0.25) is 0 Å². The number of hydrogen-bond donors (Lipinski definition) is 2. The monoisotopic (exact) mass is 345 g/mol. The van der Waals surface area contributed by atoms with Gasteiger partial charge in [-0.3, -0.25) is 0 Å². The second-order valence-corrected chi connectivity index (χ2v) is 5.02. The van der Waals surface area contributed by atoms with Crippen LogP contribution in [0.1, 0.15) is 11.7 Å². The van der Waals surface area contributed by atoms with E-state index >= 15 is 0 Å². The average molecular weight is 346 g/mol. The summed E-state index contributed by atoms with van der Waals surface area (Å²) in [5.74, 6) is -2.11. The Bertz CT molecular complexity index is 601. The fourth-order valence-corrected chi connectivity index (χ4v) is 2.00. The van der Waals surface area contributed by atoms with Crippen molar-refractivity contribution in [2.45, 2.75) is 6.10 Å². The molecule has 0 aromatic heterocycles. The normalized spacial score (nSPS) is 12.2. The Balaban J connectivity index is 2.08. The van der Waals surface area contributed by atoms with Gasteiger partial charge in [0.25, 0.3) is 0 Å². The highest BCUT2D eigenvalue weighted by Crippen LogP contribution is 2.23. The number of hydrogen-bond acceptors (Lipinski definition) is 2. The number of anilines is 1. The Morgan fingerprint density at radius 3 is 2.30 bits per heavy atom. The molecule has 0 aliphatic rings. The number of aliphatic hydroxyl groups excluding tert-OH is 1. The van der Waals surface area contributed by atoms with E-state index < -0.39 is 29.1 Å². The summed E-state index contributed by atoms with van der Waals surface area (Å²) in [6.45, 7) is -0.140. The quantitative estimate of drug-likeness (QED) is 0.877. The number of benzene rings is 2. The van der Waals surface area contributed by atoms with E-state index in [1.807, 2.05) is 0 Å². The summed E-state index contributed by atoms with van der Waals surface area (Å²) in [4.78, 5) is 0. The van der Waals surface area contributed by atoms with Crippen molar-refractivity contribution in [1.29, 1.82) is 0 Å². The average Bonchev–Trinajstić information content (AvgIpc) is 2.40. The Morgan fingerprint density at radius 2 is 1.70 bits per heavy atom. The molecule has 0 aliphatic heterocycles. The standard InChI is InChI=1S/C14H11BrF3NO/c15-9-5-4-8(6-12(9)18)19-7-13(20)14-10(16)2-1-3-11(14)17/h1-6,13,19-20H,7H2. The summed E-state index contributed by atoms with van der Waals surface area (Å²) in [5.41, 5.74) is -0.000851. The van der Waals surface area contributed by atoms with Gasteiger partial charge in [0, 0.05) is 12.2 Å². The molecule has 106 valence electrons. The van der Waals surface area contributed by atoms with Gasteiger partial charge in [0.05, 0.1) is 10.0 Å². The molecule has 0 saturated carbocycles. The van der Waals surface area contributed by atoms with Gasteiger partial charge in [-0.05, 0) is 46.3 Å². The Kier molecular flexibility index (Phi) is 4.67. The minimum atomic E-state index is -1.37. The Labute approximate surface area is 122 Å². The molecule has 2 aromatic carbocycles. The van der Waals surface area contributed by atoms with Gasteiger partial charge in [-0.25, -0.2) is 13.2 Å². The SMILES string of the molecule is OC(CNc1ccc(Br)c(F)c1)c1c(F)cccc1F. The van der Waals surface area contributed by atoms with Crippen LogP contribution in [-0.4, -0.2) is 11.7 Å². The maximum atomic E-state index is 13.4. The molecular formula is C14H11BrF3NO. The molecule has 1 unspecified atom stereocenters. The number of halogens is 4. The van der Waals surface area contributed by atoms with E-state index in [9.17, 15) is 18.3 Å². The molecule has 2 aromatic rings. The smallest absolute Gasteiger partial charge is 0.139 e. The third kappa shape index (κ3) is 3.32. The van der Waals surface area contributed by atoms with Crippen LogP contribution in [0.4, 0.5) is 18.9 Å². The highest BCUT2D eigenvalue weighted by molar-refractivity contribution is 9.10. The minimum Gasteiger partial charge on any atom is -0.386 e. The first-order valence-corrected chi connectivity index (χ1v) is 6.59. The lowest BCUT2D eigenvalue weighted by Gasteiger charge is -2.14. The highest BCUT2D eigenvalue weighted by Gasteiger charge is 2.17. The van der Waals surface area contributed by atoms with E-state index in [4.69, 9.17) is 0 Å². The van der Waals surface area contributed by atoms with Crippen LogP contribution >= 0.6 is 15.9 Å². The lowest BCUT2D eigenvalue weighted by Crippen LogP contribution is -2.15. The second kappa shape index (κ2) is 6.28. The summed E-state index contributed by atoms with van der Waals surface area (Å²) in [5, 5.41) is 12.5. The molecule has 1 atom stereocenters. The number of rotatable bonds is 4. The van der Waals surface area contributed by atoms with Crippen molar-refractivity contribution in [2.24, 2.45) is 0 Å². The third-order valence-corrected chi connectivity index (χ3v) is 3.40. The second-order valence-electron chi connectivity index (χ2n) is 4.16. The predicted octanol–water partition coefficient (Wildman–Crippen LogP) is 4.01. The third-order valence-electron chi connectivity index (χ3n) is 2.75. The Hall–Kier alpha value is -1.53. The summed E-state index contributed by atoms with van der Waals surface area (Å²) >= 11 is 3.01. The van der Waals surface area contributed by atoms with E-state index in [1.54, 1.807) is 6.07 Å². The zero-order chi connectivity index (χ0) is 14.7. The van der Waals surface area contributed by atoms with Crippen LogP contribution in [0.15, 0.2) is 40.9 Å². The van der Waals surface area contributed by atoms with Crippen molar-refractivity contribution in [2.75, 3.05) is 11.9 Å². The number of nitrogens with one attached hydrogen (secondary N) is 1. The van der Waals surface area contributed by atoms with Crippen molar-refractivity contribution in [3.05, 3.63) is 63.9 Å². The zero-order valence-electron chi connectivity index (χ0n) is 10.2. The summed E-state index contributed by atoms with van der Waals surface area (Å²) in [6, 6.07) is 7.65. The molecule has 2 N–H and O–H groups in total. The van der Waals surface area contributed by atoms with Gasteiger partial charge >= 0.3 is 0 Å². The van der Waals surface area contributed by atoms with E-state index in [1.165, 1.54) is 18.2 Å². The van der Waals surface area contributed by atoms with Crippen LogP contribution in [0.3, 0.4) is 0 Å². The maximum Gasteiger partial charge on any atom is 0.139 e. The van der Waals surface area contributed by atoms with Crippen molar-refractivity contribution in [1.82, 2.24) is 0 Å². The first kappa shape index (κ1) is 14.9. The van der Waals surface area contributed by atoms with Gasteiger partial charge in [0.1, 0.15) is 23.6 Å². The first-order chi connectivity index (χ1) is 9.49. The molecule has 0 amide bonds. The topological polar surface area (TPSA) is 32.3 Å². The summed E-state index contributed by atoms with van der Waals surface area (Å²) < 4.78 is 40.5. The van der Waals surface area contributed by atoms with Crippen LogP contribution in [-0.2, 0) is 0 Å². The van der Waals surface area contributed by atoms with Gasteiger partial charge in [-0.2, -0.15) is 0 Å². The van der Waals surface area contributed by atoms with E-state index in [2.05, 4.69) is 21.2 Å². The van der Waals surface area contributed by atoms with Crippen molar-refractivity contribution < 1.29 is 18.3 Å². The largest absolute Gasteiger partial charge is 0.386 e. The molecule has 0 radical (unpaired) electrons. The molecule has 6 heteroatoms. The van der Waals surface area contributed by atoms with Crippen molar-refractivity contribution in [3.63, 3.8) is 0 Å². The van der Waals surface area contributed by atoms with Gasteiger partial charge in [0.2, 0.25) is 0 Å². The fraction of sp³-hybridized carbons (Fsp3) is 0.143. The molecule has 2 nitrogen and oxygen atoms in total. The molecule has 0 aliphatic carbocycles. The predicted molar refractivity (Wildman–Crippen MR) is 73.9 cm³/mol. The van der Waals surface area contributed by atoms with Crippen LogP contribution in [0.5, 0.6) is 0 Å². The molecular weight excluding hydrogens is 335 g/mol. The maximum absolute atomic E-state index is 13.4. The molecule has 0 bridgehead atoms. The van der Waals surface area contributed by atoms with Gasteiger partial charge < -0.3 is 10.4 Å². The van der Waals surface area contributed by atoms with Crippen LogP contribution in [0, 0.1) is 17.5 Å². The van der Waals surface area contributed by atoms with E-state index in [0.29, 0.717) is 10.2 Å². The molecule has 0 spiro atoms. The lowest BCUT2D eigenvalue weighted by atomic mass is 10.1. The van der Waals surface area contributed by atoms with Crippen LogP contribution in [0.25, 0.3) is 0 Å².